The zero-order valence-electron chi connectivity index (χ0n) is 15.8. The molecular formula is C18H24F6O4. The van der Waals surface area contributed by atoms with Gasteiger partial charge in [-0.25, -0.2) is 4.79 Å². The van der Waals surface area contributed by atoms with Crippen molar-refractivity contribution in [1.82, 2.24) is 0 Å². The number of rotatable bonds is 7. The minimum atomic E-state index is -5.83. The fourth-order valence-electron chi connectivity index (χ4n) is 3.52. The Kier molecular flexibility index (Phi) is 6.45. The minimum Gasteiger partial charge on any atom is -0.458 e. The van der Waals surface area contributed by atoms with Crippen LogP contribution in [0.2, 0.25) is 0 Å². The maximum atomic E-state index is 13.4. The van der Waals surface area contributed by atoms with Crippen molar-refractivity contribution >= 4 is 5.97 Å². The van der Waals surface area contributed by atoms with Gasteiger partial charge in [-0.15, -0.1) is 0 Å². The highest BCUT2D eigenvalue weighted by molar-refractivity contribution is 5.71. The lowest BCUT2D eigenvalue weighted by Gasteiger charge is -2.37. The fourth-order valence-corrected chi connectivity index (χ4v) is 3.52. The Bertz CT molecular complexity index is 576. The molecule has 2 aliphatic carbocycles. The molecule has 0 amide bonds. The number of carbonyl (C=O) groups is 1. The average Bonchev–Trinajstić information content (AvgIpc) is 3.08. The average molecular weight is 418 g/mol. The third-order valence-corrected chi connectivity index (χ3v) is 4.83. The van der Waals surface area contributed by atoms with Crippen LogP contribution in [0.1, 0.15) is 33.6 Å². The van der Waals surface area contributed by atoms with Gasteiger partial charge in [0.1, 0.15) is 12.2 Å². The molecule has 2 bridgehead atoms. The van der Waals surface area contributed by atoms with Crippen LogP contribution in [-0.2, 0) is 19.0 Å². The molecule has 1 fully saturated rings. The van der Waals surface area contributed by atoms with Gasteiger partial charge in [-0.05, 0) is 51.4 Å². The number of esters is 1. The molecule has 0 aromatic rings. The van der Waals surface area contributed by atoms with E-state index >= 15 is 0 Å². The summed E-state index contributed by atoms with van der Waals surface area (Å²) in [7, 11) is 0. The molecule has 0 aliphatic heterocycles. The Balaban J connectivity index is 2.06. The molecule has 0 radical (unpaired) electrons. The molecule has 4 nitrogen and oxygen atoms in total. The quantitative estimate of drug-likeness (QED) is 0.349. The number of halogens is 6. The van der Waals surface area contributed by atoms with E-state index in [0.717, 1.165) is 6.42 Å². The third-order valence-electron chi connectivity index (χ3n) is 4.83. The molecule has 0 heterocycles. The van der Waals surface area contributed by atoms with Crippen LogP contribution in [-0.4, -0.2) is 49.3 Å². The van der Waals surface area contributed by atoms with E-state index in [1.54, 1.807) is 0 Å². The van der Waals surface area contributed by atoms with Gasteiger partial charge in [0, 0.05) is 0 Å². The first kappa shape index (κ1) is 23.0. The van der Waals surface area contributed by atoms with E-state index in [1.807, 2.05) is 12.2 Å². The minimum absolute atomic E-state index is 0.110. The number of hydrogen-bond donors (Lipinski definition) is 0. The van der Waals surface area contributed by atoms with Crippen molar-refractivity contribution in [3.05, 3.63) is 12.2 Å². The van der Waals surface area contributed by atoms with Gasteiger partial charge in [0.2, 0.25) is 0 Å². The predicted molar refractivity (Wildman–Crippen MR) is 86.3 cm³/mol. The largest absolute Gasteiger partial charge is 0.458 e. The van der Waals surface area contributed by atoms with E-state index < -0.39 is 42.7 Å². The molecule has 3 unspecified atom stereocenters. The maximum Gasteiger partial charge on any atom is 0.428 e. The second-order valence-corrected chi connectivity index (χ2v) is 8.25. The van der Waals surface area contributed by atoms with Gasteiger partial charge in [0.05, 0.1) is 13.2 Å². The Labute approximate surface area is 159 Å². The van der Waals surface area contributed by atoms with Gasteiger partial charge in [-0.1, -0.05) is 12.2 Å². The van der Waals surface area contributed by atoms with E-state index in [2.05, 4.69) is 4.74 Å². The first-order chi connectivity index (χ1) is 12.6. The van der Waals surface area contributed by atoms with E-state index in [0.29, 0.717) is 12.3 Å². The van der Waals surface area contributed by atoms with Crippen molar-refractivity contribution in [2.24, 2.45) is 17.8 Å². The summed E-state index contributed by atoms with van der Waals surface area (Å²) in [6.07, 6.45) is -6.23. The summed E-state index contributed by atoms with van der Waals surface area (Å²) < 4.78 is 94.3. The number of fused-ring (bicyclic) bond motifs is 2. The standard InChI is InChI=1S/C18H24F6O4/c1-15(2,3)28-14(25)9-27-16(17(19,20)21,18(22,23)24)10-26-8-13-7-11-4-5-12(13)6-11/h4-5,11-13H,6-10H2,1-3H3. The Morgan fingerprint density at radius 3 is 2.04 bits per heavy atom. The van der Waals surface area contributed by atoms with E-state index in [-0.39, 0.29) is 18.4 Å². The molecule has 0 aromatic heterocycles. The second-order valence-electron chi connectivity index (χ2n) is 8.25. The Hall–Kier alpha value is -1.29. The summed E-state index contributed by atoms with van der Waals surface area (Å²) in [6.45, 7) is 0.766. The van der Waals surface area contributed by atoms with Crippen molar-refractivity contribution < 1.29 is 45.3 Å². The zero-order chi connectivity index (χ0) is 21.4. The molecule has 162 valence electrons. The SMILES string of the molecule is CC(C)(C)OC(=O)COC(COCC1CC2C=CC1C2)(C(F)(F)F)C(F)(F)F. The van der Waals surface area contributed by atoms with Crippen molar-refractivity contribution in [2.75, 3.05) is 19.8 Å². The zero-order valence-corrected chi connectivity index (χ0v) is 15.8. The summed E-state index contributed by atoms with van der Waals surface area (Å²) in [4.78, 5) is 11.6. The van der Waals surface area contributed by atoms with Gasteiger partial charge in [0.25, 0.3) is 5.60 Å². The highest BCUT2D eigenvalue weighted by Crippen LogP contribution is 2.47. The molecule has 1 saturated carbocycles. The van der Waals surface area contributed by atoms with Crippen molar-refractivity contribution in [3.63, 3.8) is 0 Å². The van der Waals surface area contributed by atoms with Gasteiger partial charge < -0.3 is 14.2 Å². The predicted octanol–water partition coefficient (Wildman–Crippen LogP) is 4.44. The van der Waals surface area contributed by atoms with E-state index in [9.17, 15) is 31.1 Å². The van der Waals surface area contributed by atoms with E-state index in [1.165, 1.54) is 20.8 Å². The summed E-state index contributed by atoms with van der Waals surface area (Å²) in [5.74, 6) is -1.04. The van der Waals surface area contributed by atoms with Crippen molar-refractivity contribution in [2.45, 2.75) is 57.2 Å². The number of carbonyl (C=O) groups excluding carboxylic acids is 1. The van der Waals surface area contributed by atoms with E-state index in [4.69, 9.17) is 9.47 Å². The normalized spacial score (nSPS) is 25.4. The third kappa shape index (κ3) is 5.20. The number of ether oxygens (including phenoxy) is 3. The van der Waals surface area contributed by atoms with Gasteiger partial charge in [-0.3, -0.25) is 0 Å². The molecule has 0 saturated heterocycles. The van der Waals surface area contributed by atoms with Crippen molar-refractivity contribution in [3.8, 4) is 0 Å². The summed E-state index contributed by atoms with van der Waals surface area (Å²) in [5.41, 5.74) is -5.68. The molecule has 3 atom stereocenters. The lowest BCUT2D eigenvalue weighted by Crippen LogP contribution is -2.62. The van der Waals surface area contributed by atoms with Crippen LogP contribution in [0.25, 0.3) is 0 Å². The monoisotopic (exact) mass is 418 g/mol. The number of alkyl halides is 6. The van der Waals surface area contributed by atoms with Crippen LogP contribution in [0, 0.1) is 17.8 Å². The topological polar surface area (TPSA) is 44.8 Å². The molecule has 10 heteroatoms. The van der Waals surface area contributed by atoms with Crippen LogP contribution in [0.4, 0.5) is 26.3 Å². The molecule has 28 heavy (non-hydrogen) atoms. The molecule has 0 N–H and O–H groups in total. The van der Waals surface area contributed by atoms with Crippen LogP contribution in [0.3, 0.4) is 0 Å². The first-order valence-electron chi connectivity index (χ1n) is 8.90. The molecule has 0 spiro atoms. The molecule has 2 aliphatic rings. The van der Waals surface area contributed by atoms with Gasteiger partial charge in [-0.2, -0.15) is 26.3 Å². The smallest absolute Gasteiger partial charge is 0.428 e. The fraction of sp³-hybridized carbons (Fsp3) is 0.833. The van der Waals surface area contributed by atoms with Gasteiger partial charge in [0.15, 0.2) is 0 Å². The Morgan fingerprint density at radius 1 is 1.00 bits per heavy atom. The van der Waals surface area contributed by atoms with Crippen LogP contribution in [0.15, 0.2) is 12.2 Å². The number of hydrogen-bond acceptors (Lipinski definition) is 4. The Morgan fingerprint density at radius 2 is 1.61 bits per heavy atom. The van der Waals surface area contributed by atoms with Crippen LogP contribution < -0.4 is 0 Å². The lowest BCUT2D eigenvalue weighted by atomic mass is 9.94. The highest BCUT2D eigenvalue weighted by atomic mass is 19.4. The lowest BCUT2D eigenvalue weighted by molar-refractivity contribution is -0.389. The van der Waals surface area contributed by atoms with Gasteiger partial charge >= 0.3 is 18.3 Å². The summed E-state index contributed by atoms with van der Waals surface area (Å²) in [6, 6.07) is 0. The molecule has 0 aromatic carbocycles. The molecule has 2 rings (SSSR count). The highest BCUT2D eigenvalue weighted by Gasteiger charge is 2.73. The summed E-state index contributed by atoms with van der Waals surface area (Å²) in [5, 5.41) is 0. The second kappa shape index (κ2) is 7.85. The summed E-state index contributed by atoms with van der Waals surface area (Å²) >= 11 is 0. The van der Waals surface area contributed by atoms with Crippen molar-refractivity contribution in [1.29, 1.82) is 0 Å². The number of allylic oxidation sites excluding steroid dienone is 2. The van der Waals surface area contributed by atoms with Crippen LogP contribution >= 0.6 is 0 Å². The van der Waals surface area contributed by atoms with Crippen LogP contribution in [0.5, 0.6) is 0 Å². The first-order valence-corrected chi connectivity index (χ1v) is 8.90. The molecular weight excluding hydrogens is 394 g/mol. The maximum absolute atomic E-state index is 13.4.